The third-order valence-corrected chi connectivity index (χ3v) is 4.58. The lowest BCUT2D eigenvalue weighted by Crippen LogP contribution is -2.33. The van der Waals surface area contributed by atoms with E-state index < -0.39 is 0 Å². The molecule has 1 atom stereocenters. The zero-order chi connectivity index (χ0) is 14.5. The van der Waals surface area contributed by atoms with Crippen molar-refractivity contribution in [3.63, 3.8) is 0 Å². The smallest absolute Gasteiger partial charge is 0.121 e. The van der Waals surface area contributed by atoms with Crippen LogP contribution < -0.4 is 10.5 Å². The molecule has 0 radical (unpaired) electrons. The van der Waals surface area contributed by atoms with Crippen molar-refractivity contribution in [2.45, 2.75) is 38.6 Å². The van der Waals surface area contributed by atoms with E-state index in [-0.39, 0.29) is 0 Å². The second kappa shape index (κ2) is 7.09. The van der Waals surface area contributed by atoms with Crippen molar-refractivity contribution in [1.29, 1.82) is 0 Å². The molecule has 0 amide bonds. The fourth-order valence-corrected chi connectivity index (χ4v) is 3.41. The van der Waals surface area contributed by atoms with Gasteiger partial charge in [0.15, 0.2) is 0 Å². The summed E-state index contributed by atoms with van der Waals surface area (Å²) in [5.41, 5.74) is 8.50. The van der Waals surface area contributed by atoms with E-state index >= 15 is 0 Å². The third-order valence-electron chi connectivity index (χ3n) is 4.58. The second-order valence-corrected chi connectivity index (χ2v) is 6.07. The monoisotopic (exact) mass is 276 g/mol. The molecule has 1 aliphatic rings. The molecule has 112 valence electrons. The van der Waals surface area contributed by atoms with Gasteiger partial charge in [-0.1, -0.05) is 25.0 Å². The molecule has 0 aromatic heterocycles. The van der Waals surface area contributed by atoms with Crippen molar-refractivity contribution >= 4 is 0 Å². The molecule has 0 saturated heterocycles. The summed E-state index contributed by atoms with van der Waals surface area (Å²) in [7, 11) is 3.92. The molecule has 1 unspecified atom stereocenters. The Morgan fingerprint density at radius 2 is 2.05 bits per heavy atom. The van der Waals surface area contributed by atoms with Crippen LogP contribution in [0.25, 0.3) is 0 Å². The van der Waals surface area contributed by atoms with Crippen LogP contribution in [0.2, 0.25) is 0 Å². The molecule has 20 heavy (non-hydrogen) atoms. The van der Waals surface area contributed by atoms with Gasteiger partial charge in [0.05, 0.1) is 7.11 Å². The molecule has 1 aliphatic carbocycles. The highest BCUT2D eigenvalue weighted by molar-refractivity contribution is 5.37. The second-order valence-electron chi connectivity index (χ2n) is 6.07. The van der Waals surface area contributed by atoms with E-state index in [0.717, 1.165) is 18.2 Å². The molecule has 0 aliphatic heterocycles. The molecular weight excluding hydrogens is 248 g/mol. The minimum Gasteiger partial charge on any atom is -0.496 e. The highest BCUT2D eigenvalue weighted by Gasteiger charge is 2.22. The average Bonchev–Trinajstić information content (AvgIpc) is 2.92. The van der Waals surface area contributed by atoms with E-state index in [9.17, 15) is 0 Å². The molecule has 2 N–H and O–H groups in total. The van der Waals surface area contributed by atoms with Gasteiger partial charge in [0.2, 0.25) is 0 Å². The number of hydrogen-bond donors (Lipinski definition) is 1. The zero-order valence-corrected chi connectivity index (χ0v) is 13.1. The van der Waals surface area contributed by atoms with Gasteiger partial charge in [-0.15, -0.1) is 0 Å². The molecule has 1 aromatic rings. The molecule has 1 saturated carbocycles. The molecular formula is C17H28N2O. The summed E-state index contributed by atoms with van der Waals surface area (Å²) in [5.74, 6) is 1.80. The van der Waals surface area contributed by atoms with Crippen molar-refractivity contribution < 1.29 is 4.74 Å². The first kappa shape index (κ1) is 15.3. The van der Waals surface area contributed by atoms with Crippen molar-refractivity contribution in [2.75, 3.05) is 27.2 Å². The topological polar surface area (TPSA) is 38.5 Å². The van der Waals surface area contributed by atoms with Crippen LogP contribution in [-0.2, 0) is 0 Å². The summed E-state index contributed by atoms with van der Waals surface area (Å²) < 4.78 is 5.34. The van der Waals surface area contributed by atoms with Gasteiger partial charge in [0, 0.05) is 19.1 Å². The first-order valence-electron chi connectivity index (χ1n) is 7.70. The van der Waals surface area contributed by atoms with Gasteiger partial charge in [-0.25, -0.2) is 0 Å². The van der Waals surface area contributed by atoms with E-state index in [0.29, 0.717) is 12.6 Å². The number of aryl methyl sites for hydroxylation is 1. The number of rotatable bonds is 6. The summed E-state index contributed by atoms with van der Waals surface area (Å²) in [6, 6.07) is 6.72. The molecule has 2 rings (SSSR count). The summed E-state index contributed by atoms with van der Waals surface area (Å²) in [6.45, 7) is 3.91. The lowest BCUT2D eigenvalue weighted by atomic mass is 10.0. The van der Waals surface area contributed by atoms with Crippen LogP contribution in [0.4, 0.5) is 0 Å². The van der Waals surface area contributed by atoms with E-state index in [4.69, 9.17) is 10.5 Å². The number of hydrogen-bond acceptors (Lipinski definition) is 3. The van der Waals surface area contributed by atoms with Crippen molar-refractivity contribution in [3.05, 3.63) is 29.3 Å². The van der Waals surface area contributed by atoms with Gasteiger partial charge < -0.3 is 10.5 Å². The Balaban J connectivity index is 2.07. The van der Waals surface area contributed by atoms with Gasteiger partial charge in [0.25, 0.3) is 0 Å². The molecule has 3 heteroatoms. The number of nitrogens with two attached hydrogens (primary N) is 1. The lowest BCUT2D eigenvalue weighted by Gasteiger charge is -2.30. The SMILES string of the molecule is COc1ccc(C(CN)N(C)CC2CCCC2)cc1C. The molecule has 0 bridgehead atoms. The summed E-state index contributed by atoms with van der Waals surface area (Å²) >= 11 is 0. The Bertz CT molecular complexity index is 427. The average molecular weight is 276 g/mol. The van der Waals surface area contributed by atoms with Gasteiger partial charge in [0.1, 0.15) is 5.75 Å². The maximum Gasteiger partial charge on any atom is 0.121 e. The van der Waals surface area contributed by atoms with Gasteiger partial charge >= 0.3 is 0 Å². The Morgan fingerprint density at radius 3 is 2.60 bits per heavy atom. The van der Waals surface area contributed by atoms with E-state index in [1.165, 1.54) is 36.8 Å². The van der Waals surface area contributed by atoms with Crippen LogP contribution in [0, 0.1) is 12.8 Å². The minimum atomic E-state index is 0.306. The van der Waals surface area contributed by atoms with Crippen LogP contribution in [0.3, 0.4) is 0 Å². The predicted molar refractivity (Wildman–Crippen MR) is 84.1 cm³/mol. The summed E-state index contributed by atoms with van der Waals surface area (Å²) in [5, 5.41) is 0. The van der Waals surface area contributed by atoms with Gasteiger partial charge in [-0.2, -0.15) is 0 Å². The highest BCUT2D eigenvalue weighted by atomic mass is 16.5. The number of nitrogens with zero attached hydrogens (tertiary/aromatic N) is 1. The van der Waals surface area contributed by atoms with Crippen LogP contribution >= 0.6 is 0 Å². The molecule has 1 fully saturated rings. The van der Waals surface area contributed by atoms with E-state index in [1.807, 2.05) is 0 Å². The number of benzene rings is 1. The Labute approximate surface area is 123 Å². The fraction of sp³-hybridized carbons (Fsp3) is 0.647. The Kier molecular flexibility index (Phi) is 5.44. The first-order chi connectivity index (χ1) is 9.65. The van der Waals surface area contributed by atoms with Gasteiger partial charge in [-0.05, 0) is 49.9 Å². The van der Waals surface area contributed by atoms with Crippen molar-refractivity contribution in [1.82, 2.24) is 4.90 Å². The quantitative estimate of drug-likeness (QED) is 0.867. The Morgan fingerprint density at radius 1 is 1.35 bits per heavy atom. The Hall–Kier alpha value is -1.06. The maximum absolute atomic E-state index is 6.03. The molecule has 0 spiro atoms. The zero-order valence-electron chi connectivity index (χ0n) is 13.1. The fourth-order valence-electron chi connectivity index (χ4n) is 3.41. The van der Waals surface area contributed by atoms with E-state index in [2.05, 4.69) is 37.1 Å². The first-order valence-corrected chi connectivity index (χ1v) is 7.70. The lowest BCUT2D eigenvalue weighted by molar-refractivity contribution is 0.212. The molecule has 1 aromatic carbocycles. The maximum atomic E-state index is 6.03. The molecule has 3 nitrogen and oxygen atoms in total. The van der Waals surface area contributed by atoms with Gasteiger partial charge in [-0.3, -0.25) is 4.90 Å². The number of ether oxygens (including phenoxy) is 1. The van der Waals surface area contributed by atoms with Crippen LogP contribution in [0.1, 0.15) is 42.9 Å². The normalized spacial score (nSPS) is 17.6. The van der Waals surface area contributed by atoms with Crippen LogP contribution in [-0.4, -0.2) is 32.1 Å². The largest absolute Gasteiger partial charge is 0.496 e. The van der Waals surface area contributed by atoms with E-state index in [1.54, 1.807) is 7.11 Å². The molecule has 0 heterocycles. The summed E-state index contributed by atoms with van der Waals surface area (Å²) in [6.07, 6.45) is 5.55. The minimum absolute atomic E-state index is 0.306. The van der Waals surface area contributed by atoms with Crippen molar-refractivity contribution in [2.24, 2.45) is 11.7 Å². The highest BCUT2D eigenvalue weighted by Crippen LogP contribution is 2.29. The summed E-state index contributed by atoms with van der Waals surface area (Å²) in [4.78, 5) is 2.43. The number of methoxy groups -OCH3 is 1. The van der Waals surface area contributed by atoms with Crippen LogP contribution in [0.15, 0.2) is 18.2 Å². The third kappa shape index (κ3) is 3.53. The standard InChI is InChI=1S/C17H28N2O/c1-13-10-15(8-9-17(13)20-3)16(11-18)19(2)12-14-6-4-5-7-14/h8-10,14,16H,4-7,11-12,18H2,1-3H3. The predicted octanol–water partition coefficient (Wildman–Crippen LogP) is 3.13. The number of likely N-dealkylation sites (N-methyl/N-ethyl adjacent to an activating group) is 1. The van der Waals surface area contributed by atoms with Crippen molar-refractivity contribution in [3.8, 4) is 5.75 Å². The van der Waals surface area contributed by atoms with Crippen LogP contribution in [0.5, 0.6) is 5.75 Å².